The Morgan fingerprint density at radius 1 is 1.13 bits per heavy atom. The molecule has 3 nitrogen and oxygen atoms in total. The molecule has 0 bridgehead atoms. The largest absolute Gasteiger partial charge is 0.385 e. The van der Waals surface area contributed by atoms with Gasteiger partial charge >= 0.3 is 0 Å². The second-order valence-electron chi connectivity index (χ2n) is 3.63. The molecule has 1 aromatic rings. The maximum Gasteiger partial charge on any atom is 0.108 e. The molecule has 82 valence electrons. The van der Waals surface area contributed by atoms with Crippen LogP contribution in [0, 0.1) is 4.91 Å². The minimum Gasteiger partial charge on any atom is -0.385 e. The lowest BCUT2D eigenvalue weighted by molar-refractivity contribution is 0.685. The third kappa shape index (κ3) is 4.58. The van der Waals surface area contributed by atoms with E-state index in [-0.39, 0.29) is 0 Å². The van der Waals surface area contributed by atoms with Gasteiger partial charge in [0.05, 0.1) is 0 Å². The van der Waals surface area contributed by atoms with Gasteiger partial charge < -0.3 is 5.32 Å². The predicted octanol–water partition coefficient (Wildman–Crippen LogP) is 4.08. The first-order chi connectivity index (χ1) is 7.36. The van der Waals surface area contributed by atoms with Gasteiger partial charge in [-0.25, -0.2) is 0 Å². The number of benzene rings is 1. The number of nitrogens with one attached hydrogen (secondary N) is 1. The summed E-state index contributed by atoms with van der Waals surface area (Å²) >= 11 is 0. The molecule has 0 heterocycles. The molecule has 0 saturated carbocycles. The third-order valence-corrected chi connectivity index (χ3v) is 2.33. The summed E-state index contributed by atoms with van der Waals surface area (Å²) in [6, 6.07) is 7.22. The molecule has 0 spiro atoms. The molecule has 0 aliphatic carbocycles. The standard InChI is InChI=1S/C12H18N2O/c1-2-3-4-5-10-13-11-6-8-12(14-15)9-7-11/h6-9,13H,2-5,10H2,1H3. The number of hydrogen-bond acceptors (Lipinski definition) is 3. The van der Waals surface area contributed by atoms with Crippen molar-refractivity contribution >= 4 is 11.4 Å². The van der Waals surface area contributed by atoms with E-state index in [1.165, 1.54) is 25.7 Å². The van der Waals surface area contributed by atoms with Gasteiger partial charge in [-0.1, -0.05) is 26.2 Å². The molecule has 1 aromatic carbocycles. The average molecular weight is 206 g/mol. The second kappa shape index (κ2) is 6.98. The van der Waals surface area contributed by atoms with Crippen molar-refractivity contribution in [1.29, 1.82) is 0 Å². The zero-order chi connectivity index (χ0) is 10.9. The summed E-state index contributed by atoms with van der Waals surface area (Å²) in [5.41, 5.74) is 1.53. The number of unbranched alkanes of at least 4 members (excludes halogenated alkanes) is 3. The second-order valence-corrected chi connectivity index (χ2v) is 3.63. The molecule has 0 fully saturated rings. The Hall–Kier alpha value is -1.38. The van der Waals surface area contributed by atoms with Crippen LogP contribution >= 0.6 is 0 Å². The van der Waals surface area contributed by atoms with Crippen molar-refractivity contribution in [2.24, 2.45) is 5.18 Å². The Kier molecular flexibility index (Phi) is 5.44. The zero-order valence-corrected chi connectivity index (χ0v) is 9.20. The molecule has 0 aromatic heterocycles. The van der Waals surface area contributed by atoms with Crippen molar-refractivity contribution in [3.8, 4) is 0 Å². The number of nitroso groups, excluding NO2 is 1. The van der Waals surface area contributed by atoms with E-state index in [0.717, 1.165) is 12.2 Å². The van der Waals surface area contributed by atoms with Gasteiger partial charge in [0.2, 0.25) is 0 Å². The van der Waals surface area contributed by atoms with Crippen LogP contribution in [0.1, 0.15) is 32.6 Å². The fourth-order valence-electron chi connectivity index (χ4n) is 1.42. The van der Waals surface area contributed by atoms with Crippen molar-refractivity contribution in [1.82, 2.24) is 0 Å². The van der Waals surface area contributed by atoms with Gasteiger partial charge in [0, 0.05) is 12.2 Å². The molecular weight excluding hydrogens is 188 g/mol. The normalized spacial score (nSPS) is 9.93. The van der Waals surface area contributed by atoms with Crippen LogP contribution in [0.3, 0.4) is 0 Å². The molecule has 0 saturated heterocycles. The fourth-order valence-corrected chi connectivity index (χ4v) is 1.42. The van der Waals surface area contributed by atoms with E-state index in [4.69, 9.17) is 0 Å². The van der Waals surface area contributed by atoms with E-state index in [1.54, 1.807) is 12.1 Å². The number of nitrogens with zero attached hydrogens (tertiary/aromatic N) is 1. The summed E-state index contributed by atoms with van der Waals surface area (Å²) in [7, 11) is 0. The Morgan fingerprint density at radius 3 is 2.47 bits per heavy atom. The van der Waals surface area contributed by atoms with Crippen LogP contribution in [-0.2, 0) is 0 Å². The first kappa shape index (κ1) is 11.7. The van der Waals surface area contributed by atoms with E-state index >= 15 is 0 Å². The molecule has 1 N–H and O–H groups in total. The van der Waals surface area contributed by atoms with E-state index in [2.05, 4.69) is 17.4 Å². The van der Waals surface area contributed by atoms with Gasteiger partial charge in [0.15, 0.2) is 0 Å². The fraction of sp³-hybridized carbons (Fsp3) is 0.500. The number of rotatable bonds is 7. The summed E-state index contributed by atoms with van der Waals surface area (Å²) < 4.78 is 0. The smallest absolute Gasteiger partial charge is 0.108 e. The minimum absolute atomic E-state index is 0.478. The van der Waals surface area contributed by atoms with Gasteiger partial charge in [0.1, 0.15) is 5.69 Å². The van der Waals surface area contributed by atoms with Crippen molar-refractivity contribution in [2.75, 3.05) is 11.9 Å². The van der Waals surface area contributed by atoms with Crippen molar-refractivity contribution in [2.45, 2.75) is 32.6 Å². The van der Waals surface area contributed by atoms with Gasteiger partial charge in [-0.2, -0.15) is 0 Å². The molecule has 0 radical (unpaired) electrons. The molecule has 0 unspecified atom stereocenters. The van der Waals surface area contributed by atoms with Gasteiger partial charge in [0.25, 0.3) is 0 Å². The minimum atomic E-state index is 0.478. The van der Waals surface area contributed by atoms with E-state index in [0.29, 0.717) is 5.69 Å². The first-order valence-corrected chi connectivity index (χ1v) is 5.54. The Balaban J connectivity index is 2.22. The summed E-state index contributed by atoms with van der Waals surface area (Å²) in [6.45, 7) is 3.20. The molecule has 1 rings (SSSR count). The lowest BCUT2D eigenvalue weighted by atomic mass is 10.2. The predicted molar refractivity (Wildman–Crippen MR) is 64.5 cm³/mol. The Morgan fingerprint density at radius 2 is 1.87 bits per heavy atom. The Bertz CT molecular complexity index is 282. The highest BCUT2D eigenvalue weighted by atomic mass is 16.3. The van der Waals surface area contributed by atoms with E-state index in [9.17, 15) is 4.91 Å². The summed E-state index contributed by atoms with van der Waals surface area (Å²) in [4.78, 5) is 10.2. The zero-order valence-electron chi connectivity index (χ0n) is 9.20. The van der Waals surface area contributed by atoms with Gasteiger partial charge in [-0.15, -0.1) is 4.91 Å². The average Bonchev–Trinajstić information content (AvgIpc) is 2.30. The Labute approximate surface area is 90.9 Å². The first-order valence-electron chi connectivity index (χ1n) is 5.54. The summed E-state index contributed by atoms with van der Waals surface area (Å²) in [5.74, 6) is 0. The molecule has 0 aliphatic rings. The molecule has 0 atom stereocenters. The number of anilines is 1. The topological polar surface area (TPSA) is 41.5 Å². The van der Waals surface area contributed by atoms with Crippen molar-refractivity contribution in [3.05, 3.63) is 29.2 Å². The van der Waals surface area contributed by atoms with Crippen LogP contribution in [0.2, 0.25) is 0 Å². The summed E-state index contributed by atoms with van der Waals surface area (Å²) in [6.07, 6.45) is 5.04. The van der Waals surface area contributed by atoms with Crippen LogP contribution in [0.25, 0.3) is 0 Å². The van der Waals surface area contributed by atoms with Gasteiger partial charge in [-0.3, -0.25) is 0 Å². The van der Waals surface area contributed by atoms with Crippen LogP contribution < -0.4 is 5.32 Å². The molecule has 15 heavy (non-hydrogen) atoms. The quantitative estimate of drug-likeness (QED) is 0.539. The molecular formula is C12H18N2O. The van der Waals surface area contributed by atoms with E-state index < -0.39 is 0 Å². The lowest BCUT2D eigenvalue weighted by Crippen LogP contribution is -2.00. The van der Waals surface area contributed by atoms with E-state index in [1.807, 2.05) is 12.1 Å². The highest BCUT2D eigenvalue weighted by molar-refractivity contribution is 5.50. The number of hydrogen-bond donors (Lipinski definition) is 1. The highest BCUT2D eigenvalue weighted by Crippen LogP contribution is 2.15. The maximum atomic E-state index is 10.2. The van der Waals surface area contributed by atoms with Gasteiger partial charge in [-0.05, 0) is 35.9 Å². The van der Waals surface area contributed by atoms with Crippen LogP contribution in [0.15, 0.2) is 29.4 Å². The molecule has 0 aliphatic heterocycles. The van der Waals surface area contributed by atoms with Crippen molar-refractivity contribution < 1.29 is 0 Å². The van der Waals surface area contributed by atoms with Crippen LogP contribution in [0.4, 0.5) is 11.4 Å². The SMILES string of the molecule is CCCCCCNc1ccc(N=O)cc1. The molecule has 3 heteroatoms. The lowest BCUT2D eigenvalue weighted by Gasteiger charge is -2.05. The van der Waals surface area contributed by atoms with Crippen LogP contribution in [-0.4, -0.2) is 6.54 Å². The van der Waals surface area contributed by atoms with Crippen molar-refractivity contribution in [3.63, 3.8) is 0 Å². The molecule has 0 amide bonds. The summed E-state index contributed by atoms with van der Waals surface area (Å²) in [5, 5.41) is 6.17. The monoisotopic (exact) mass is 206 g/mol. The highest BCUT2D eigenvalue weighted by Gasteiger charge is 1.93. The maximum absolute atomic E-state index is 10.2. The van der Waals surface area contributed by atoms with Crippen LogP contribution in [0.5, 0.6) is 0 Å². The third-order valence-electron chi connectivity index (χ3n) is 2.33.